The molecule has 5 nitrogen and oxygen atoms in total. The molecule has 0 amide bonds. The molecule has 12 heteroatoms. The van der Waals surface area contributed by atoms with Gasteiger partial charge < -0.3 is 4.74 Å². The molecule has 1 heterocycles. The molecule has 0 spiro atoms. The Morgan fingerprint density at radius 1 is 1.29 bits per heavy atom. The molecule has 0 aliphatic carbocycles. The van der Waals surface area contributed by atoms with Crippen molar-refractivity contribution in [2.24, 2.45) is 5.10 Å². The van der Waals surface area contributed by atoms with Gasteiger partial charge in [-0.3, -0.25) is 0 Å². The largest absolute Gasteiger partial charge is 0.461 e. The van der Waals surface area contributed by atoms with E-state index in [1.807, 2.05) is 0 Å². The third kappa shape index (κ3) is 4.13. The monoisotopic (exact) mass is 370 g/mol. The highest BCUT2D eigenvalue weighted by molar-refractivity contribution is 7.71. The molecule has 2 rings (SSSR count). The molecule has 24 heavy (non-hydrogen) atoms. The zero-order valence-corrected chi connectivity index (χ0v) is 12.3. The average molecular weight is 370 g/mol. The first-order valence-electron chi connectivity index (χ1n) is 6.15. The summed E-state index contributed by atoms with van der Waals surface area (Å²) in [5.74, 6) is -1.29. The van der Waals surface area contributed by atoms with Gasteiger partial charge in [0.15, 0.2) is 0 Å². The quantitative estimate of drug-likeness (QED) is 0.475. The highest BCUT2D eigenvalue weighted by Gasteiger charge is 2.43. The molecule has 0 bridgehead atoms. The van der Waals surface area contributed by atoms with E-state index < -0.39 is 30.5 Å². The summed E-state index contributed by atoms with van der Waals surface area (Å²) in [4.78, 5) is 0. The molecule has 0 aliphatic heterocycles. The Morgan fingerprint density at radius 3 is 2.62 bits per heavy atom. The van der Waals surface area contributed by atoms with Crippen molar-refractivity contribution in [1.82, 2.24) is 14.9 Å². The van der Waals surface area contributed by atoms with Gasteiger partial charge in [0, 0.05) is 0 Å². The van der Waals surface area contributed by atoms with Gasteiger partial charge in [-0.15, -0.1) is 0 Å². The molecule has 0 atom stereocenters. The number of ether oxygens (including phenoxy) is 1. The van der Waals surface area contributed by atoms with Gasteiger partial charge in [-0.2, -0.15) is 32.4 Å². The molecule has 0 saturated heterocycles. The van der Waals surface area contributed by atoms with Crippen molar-refractivity contribution in [3.05, 3.63) is 40.4 Å². The number of halogens is 6. The molecule has 1 N–H and O–H groups in total. The van der Waals surface area contributed by atoms with Crippen LogP contribution in [0.4, 0.5) is 26.3 Å². The lowest BCUT2D eigenvalue weighted by molar-refractivity contribution is -0.253. The van der Waals surface area contributed by atoms with Crippen LogP contribution in [0.1, 0.15) is 17.8 Å². The van der Waals surface area contributed by atoms with E-state index in [1.54, 1.807) is 0 Å². The fourth-order valence-electron chi connectivity index (χ4n) is 1.54. The topological polar surface area (TPSA) is 55.2 Å². The minimum Gasteiger partial charge on any atom is -0.428 e. The Hall–Kier alpha value is -2.37. The lowest BCUT2D eigenvalue weighted by Gasteiger charge is -2.16. The Balaban J connectivity index is 2.24. The van der Waals surface area contributed by atoms with E-state index in [9.17, 15) is 26.3 Å². The SMILES string of the molecule is FC(F)c1n[nH]c(=S)n1/N=C\c1cccc(OC(F)(F)C(F)F)c1. The number of aromatic amines is 1. The maximum atomic E-state index is 12.8. The maximum absolute atomic E-state index is 12.8. The highest BCUT2D eigenvalue weighted by Crippen LogP contribution is 2.27. The summed E-state index contributed by atoms with van der Waals surface area (Å²) in [6.45, 7) is 0. The number of benzene rings is 1. The number of hydrogen-bond donors (Lipinski definition) is 1. The lowest BCUT2D eigenvalue weighted by Crippen LogP contribution is -2.33. The van der Waals surface area contributed by atoms with Gasteiger partial charge in [0.05, 0.1) is 6.21 Å². The average Bonchev–Trinajstić information content (AvgIpc) is 2.86. The zero-order chi connectivity index (χ0) is 17.9. The molecule has 2 aromatic rings. The van der Waals surface area contributed by atoms with Crippen molar-refractivity contribution in [3.8, 4) is 5.75 Å². The van der Waals surface area contributed by atoms with Crippen LogP contribution in [-0.2, 0) is 0 Å². The number of hydrogen-bond acceptors (Lipinski definition) is 4. The Kier molecular flexibility index (Phi) is 5.26. The van der Waals surface area contributed by atoms with E-state index in [0.29, 0.717) is 4.68 Å². The van der Waals surface area contributed by atoms with Crippen molar-refractivity contribution in [1.29, 1.82) is 0 Å². The van der Waals surface area contributed by atoms with E-state index in [1.165, 1.54) is 12.1 Å². The fourth-order valence-corrected chi connectivity index (χ4v) is 1.73. The molecular weight excluding hydrogens is 362 g/mol. The van der Waals surface area contributed by atoms with E-state index in [4.69, 9.17) is 12.2 Å². The van der Waals surface area contributed by atoms with Gasteiger partial charge in [0.1, 0.15) is 5.75 Å². The second kappa shape index (κ2) is 7.03. The van der Waals surface area contributed by atoms with E-state index in [0.717, 1.165) is 18.3 Å². The minimum absolute atomic E-state index is 0.126. The summed E-state index contributed by atoms with van der Waals surface area (Å²) in [6.07, 6.45) is -10.6. The number of nitrogens with zero attached hydrogens (tertiary/aromatic N) is 3. The Morgan fingerprint density at radius 2 is 2.00 bits per heavy atom. The summed E-state index contributed by atoms with van der Waals surface area (Å²) >= 11 is 4.72. The van der Waals surface area contributed by atoms with Crippen molar-refractivity contribution in [2.45, 2.75) is 19.0 Å². The smallest absolute Gasteiger partial charge is 0.428 e. The molecule has 1 aromatic carbocycles. The fraction of sp³-hybridized carbons (Fsp3) is 0.250. The first-order valence-corrected chi connectivity index (χ1v) is 6.56. The third-order valence-corrected chi connectivity index (χ3v) is 2.82. The molecule has 0 unspecified atom stereocenters. The normalized spacial score (nSPS) is 12.5. The second-order valence-electron chi connectivity index (χ2n) is 4.28. The number of nitrogens with one attached hydrogen (secondary N) is 1. The molecule has 0 radical (unpaired) electrons. The summed E-state index contributed by atoms with van der Waals surface area (Å²) in [6, 6.07) is 4.61. The van der Waals surface area contributed by atoms with Crippen LogP contribution in [0.2, 0.25) is 0 Å². The Bertz CT molecular complexity index is 788. The van der Waals surface area contributed by atoms with Crippen molar-refractivity contribution in [2.75, 3.05) is 0 Å². The van der Waals surface area contributed by atoms with Crippen LogP contribution >= 0.6 is 12.2 Å². The van der Waals surface area contributed by atoms with Gasteiger partial charge in [0.25, 0.3) is 6.43 Å². The third-order valence-electron chi connectivity index (χ3n) is 2.56. The summed E-state index contributed by atoms with van der Waals surface area (Å²) in [7, 11) is 0. The van der Waals surface area contributed by atoms with Gasteiger partial charge in [0.2, 0.25) is 10.6 Å². The molecular formula is C12H8F6N4OS. The van der Waals surface area contributed by atoms with Gasteiger partial charge in [-0.05, 0) is 29.9 Å². The molecule has 130 valence electrons. The predicted octanol–water partition coefficient (Wildman–Crippen LogP) is 4.00. The van der Waals surface area contributed by atoms with Gasteiger partial charge in [-0.1, -0.05) is 12.1 Å². The second-order valence-corrected chi connectivity index (χ2v) is 4.67. The molecule has 0 aliphatic rings. The number of aromatic nitrogens is 3. The van der Waals surface area contributed by atoms with Crippen molar-refractivity contribution < 1.29 is 31.1 Å². The molecule has 0 fully saturated rings. The van der Waals surface area contributed by atoms with Gasteiger partial charge in [-0.25, -0.2) is 13.9 Å². The first kappa shape index (κ1) is 18.0. The Labute approximate surface area is 135 Å². The number of H-pyrrole nitrogens is 1. The maximum Gasteiger partial charge on any atom is 0.461 e. The van der Waals surface area contributed by atoms with Crippen LogP contribution in [-0.4, -0.2) is 33.6 Å². The van der Waals surface area contributed by atoms with Gasteiger partial charge >= 0.3 is 12.5 Å². The van der Waals surface area contributed by atoms with E-state index in [2.05, 4.69) is 20.0 Å². The van der Waals surface area contributed by atoms with Crippen molar-refractivity contribution in [3.63, 3.8) is 0 Å². The number of rotatable bonds is 6. The van der Waals surface area contributed by atoms with Crippen LogP contribution in [0.3, 0.4) is 0 Å². The van der Waals surface area contributed by atoms with Crippen LogP contribution in [0.5, 0.6) is 5.75 Å². The van der Waals surface area contributed by atoms with E-state index in [-0.39, 0.29) is 10.3 Å². The number of alkyl halides is 6. The first-order chi connectivity index (χ1) is 11.2. The van der Waals surface area contributed by atoms with Crippen LogP contribution in [0.15, 0.2) is 29.4 Å². The highest BCUT2D eigenvalue weighted by atomic mass is 32.1. The summed E-state index contributed by atoms with van der Waals surface area (Å²) in [5.41, 5.74) is 0.126. The standard InChI is InChI=1S/C12H8F6N4OS/c13-8(14)9-20-21-11(24)22(9)19-5-6-2-1-3-7(4-6)23-12(17,18)10(15)16/h1-5,8,10H,(H,21,24)/b19-5-. The molecule has 0 saturated carbocycles. The summed E-state index contributed by atoms with van der Waals surface area (Å²) in [5, 5.41) is 9.06. The van der Waals surface area contributed by atoms with Crippen LogP contribution < -0.4 is 4.74 Å². The lowest BCUT2D eigenvalue weighted by atomic mass is 10.2. The van der Waals surface area contributed by atoms with Crippen LogP contribution in [0.25, 0.3) is 0 Å². The minimum atomic E-state index is -4.66. The zero-order valence-electron chi connectivity index (χ0n) is 11.5. The van der Waals surface area contributed by atoms with E-state index >= 15 is 0 Å². The summed E-state index contributed by atoms with van der Waals surface area (Å²) < 4.78 is 79.6. The van der Waals surface area contributed by atoms with Crippen molar-refractivity contribution >= 4 is 18.4 Å². The van der Waals surface area contributed by atoms with Crippen LogP contribution in [0, 0.1) is 4.77 Å². The predicted molar refractivity (Wildman–Crippen MR) is 73.4 cm³/mol. The molecule has 1 aromatic heterocycles.